The molecule has 3 N–H and O–H groups in total. The molecule has 0 saturated carbocycles. The van der Waals surface area contributed by atoms with Crippen LogP contribution in [0, 0.1) is 13.8 Å². The zero-order valence-corrected chi connectivity index (χ0v) is 17.8. The number of rotatable bonds is 5. The fraction of sp³-hybridized carbons (Fsp3) is 0.143. The smallest absolute Gasteiger partial charge is 0.289 e. The van der Waals surface area contributed by atoms with E-state index in [0.717, 1.165) is 16.8 Å². The van der Waals surface area contributed by atoms with Crippen molar-refractivity contribution >= 4 is 57.3 Å². The van der Waals surface area contributed by atoms with Gasteiger partial charge in [0.1, 0.15) is 0 Å². The highest BCUT2D eigenvalue weighted by Gasteiger charge is 2.25. The highest BCUT2D eigenvalue weighted by atomic mass is 35.5. The summed E-state index contributed by atoms with van der Waals surface area (Å²) in [5.41, 5.74) is 4.13. The second-order valence-corrected chi connectivity index (χ2v) is 8.47. The first-order chi connectivity index (χ1) is 13.4. The molecule has 2 heterocycles. The average molecular weight is 432 g/mol. The number of halogens is 1. The minimum Gasteiger partial charge on any atom is -0.501 e. The average Bonchev–Trinajstić information content (AvgIpc) is 3.11. The number of aliphatic hydroxyl groups is 2. The van der Waals surface area contributed by atoms with Crippen LogP contribution >= 0.6 is 35.2 Å². The van der Waals surface area contributed by atoms with E-state index < -0.39 is 0 Å². The molecule has 3 rings (SSSR count). The molecule has 0 bridgehead atoms. The van der Waals surface area contributed by atoms with Crippen molar-refractivity contribution in [1.29, 1.82) is 0 Å². The summed E-state index contributed by atoms with van der Waals surface area (Å²) in [7, 11) is 0. The van der Waals surface area contributed by atoms with Gasteiger partial charge in [0.25, 0.3) is 5.70 Å². The van der Waals surface area contributed by atoms with Gasteiger partial charge in [-0.2, -0.15) is 4.57 Å². The molecule has 4 nitrogen and oxygen atoms in total. The zero-order valence-electron chi connectivity index (χ0n) is 15.4. The van der Waals surface area contributed by atoms with Gasteiger partial charge in [0.05, 0.1) is 15.8 Å². The third-order valence-corrected chi connectivity index (χ3v) is 5.72. The molecule has 0 aliphatic heterocycles. The number of thiocarbonyl (C=S) groups is 1. The van der Waals surface area contributed by atoms with Crippen molar-refractivity contribution in [3.05, 3.63) is 80.8 Å². The standard InChI is InChI=1S/C21H19ClN2O2S2/c1-13-5-6-14(2)16(10-13)23-21(27)19(20(26)17-7-8-18(22)28-17)24-9-3-4-15(11-24)12-25/h3-11,25H,12H2,1-2H3,(H-,23,26,27)/p+1. The molecule has 0 saturated heterocycles. The summed E-state index contributed by atoms with van der Waals surface area (Å²) >= 11 is 13.0. The van der Waals surface area contributed by atoms with Crippen molar-refractivity contribution in [2.75, 3.05) is 5.32 Å². The van der Waals surface area contributed by atoms with E-state index in [4.69, 9.17) is 23.8 Å². The summed E-state index contributed by atoms with van der Waals surface area (Å²) in [5.74, 6) is 0.0137. The predicted octanol–water partition coefficient (Wildman–Crippen LogP) is 5.12. The summed E-state index contributed by atoms with van der Waals surface area (Å²) in [4.78, 5) is 0.961. The first-order valence-corrected chi connectivity index (χ1v) is 10.2. The Morgan fingerprint density at radius 3 is 2.68 bits per heavy atom. The molecule has 0 aliphatic carbocycles. The van der Waals surface area contributed by atoms with E-state index in [-0.39, 0.29) is 12.4 Å². The van der Waals surface area contributed by atoms with E-state index in [1.165, 1.54) is 11.3 Å². The van der Waals surface area contributed by atoms with Gasteiger partial charge in [-0.25, -0.2) is 0 Å². The van der Waals surface area contributed by atoms with Crippen LogP contribution in [0.5, 0.6) is 0 Å². The number of pyridine rings is 1. The summed E-state index contributed by atoms with van der Waals surface area (Å²) in [6, 6.07) is 13.1. The molecular weight excluding hydrogens is 412 g/mol. The van der Waals surface area contributed by atoms with Gasteiger partial charge in [0.15, 0.2) is 17.4 Å². The maximum absolute atomic E-state index is 11.0. The van der Waals surface area contributed by atoms with Gasteiger partial charge in [-0.1, -0.05) is 36.0 Å². The van der Waals surface area contributed by atoms with Gasteiger partial charge in [-0.15, -0.1) is 11.3 Å². The molecule has 0 unspecified atom stereocenters. The SMILES string of the molecule is Cc1ccc(C)c(NC(=S)/C(=C(\O)c2ccc(Cl)s2)[n+]2cccc(CO)c2)c1. The Hall–Kier alpha value is -2.25. The van der Waals surface area contributed by atoms with Crippen molar-refractivity contribution in [1.82, 2.24) is 0 Å². The van der Waals surface area contributed by atoms with Gasteiger partial charge in [0.2, 0.25) is 5.76 Å². The largest absolute Gasteiger partial charge is 0.501 e. The van der Waals surface area contributed by atoms with Crippen LogP contribution in [0.25, 0.3) is 11.5 Å². The van der Waals surface area contributed by atoms with Gasteiger partial charge >= 0.3 is 0 Å². The van der Waals surface area contributed by atoms with Crippen LogP contribution < -0.4 is 9.88 Å². The summed E-state index contributed by atoms with van der Waals surface area (Å²) < 4.78 is 2.28. The highest BCUT2D eigenvalue weighted by molar-refractivity contribution is 7.81. The molecular formula is C21H20ClN2O2S2+. The number of anilines is 1. The number of aromatic nitrogens is 1. The number of hydrogen-bond acceptors (Lipinski definition) is 4. The maximum Gasteiger partial charge on any atom is 0.289 e. The van der Waals surface area contributed by atoms with Crippen LogP contribution in [0.15, 0.2) is 54.9 Å². The number of nitrogens with zero attached hydrogens (tertiary/aromatic N) is 1. The molecule has 0 radical (unpaired) electrons. The molecule has 0 atom stereocenters. The van der Waals surface area contributed by atoms with Crippen molar-refractivity contribution in [2.45, 2.75) is 20.5 Å². The number of thiophene rings is 1. The zero-order chi connectivity index (χ0) is 20.3. The van der Waals surface area contributed by atoms with Gasteiger partial charge in [-0.3, -0.25) is 0 Å². The molecule has 28 heavy (non-hydrogen) atoms. The van der Waals surface area contributed by atoms with E-state index in [0.29, 0.717) is 25.5 Å². The quantitative estimate of drug-likeness (QED) is 0.227. The van der Waals surface area contributed by atoms with Crippen LogP contribution in [-0.2, 0) is 6.61 Å². The fourth-order valence-corrected chi connectivity index (χ4v) is 4.01. The highest BCUT2D eigenvalue weighted by Crippen LogP contribution is 2.29. The lowest BCUT2D eigenvalue weighted by atomic mass is 10.1. The Bertz CT molecular complexity index is 1060. The van der Waals surface area contributed by atoms with Crippen LogP contribution in [-0.4, -0.2) is 15.2 Å². The molecule has 3 aromatic rings. The van der Waals surface area contributed by atoms with Crippen molar-refractivity contribution < 1.29 is 14.8 Å². The summed E-state index contributed by atoms with van der Waals surface area (Å²) in [5, 5.41) is 23.7. The second kappa shape index (κ2) is 8.84. The first kappa shape index (κ1) is 20.5. The Balaban J connectivity index is 2.10. The topological polar surface area (TPSA) is 56.4 Å². The number of hydrogen-bond donors (Lipinski definition) is 3. The predicted molar refractivity (Wildman–Crippen MR) is 120 cm³/mol. The van der Waals surface area contributed by atoms with E-state index in [9.17, 15) is 10.2 Å². The number of aryl methyl sites for hydroxylation is 2. The number of benzene rings is 1. The lowest BCUT2D eigenvalue weighted by Gasteiger charge is -2.12. The Morgan fingerprint density at radius 2 is 2.00 bits per heavy atom. The Morgan fingerprint density at radius 1 is 1.21 bits per heavy atom. The van der Waals surface area contributed by atoms with Crippen molar-refractivity contribution in [3.8, 4) is 0 Å². The lowest BCUT2D eigenvalue weighted by Crippen LogP contribution is -2.39. The molecule has 2 aromatic heterocycles. The summed E-state index contributed by atoms with van der Waals surface area (Å²) in [6.07, 6.45) is 3.51. The van der Waals surface area contributed by atoms with Crippen LogP contribution in [0.4, 0.5) is 5.69 Å². The van der Waals surface area contributed by atoms with Crippen molar-refractivity contribution in [2.24, 2.45) is 0 Å². The third kappa shape index (κ3) is 4.59. The van der Waals surface area contributed by atoms with E-state index in [1.807, 2.05) is 32.0 Å². The van der Waals surface area contributed by atoms with E-state index in [2.05, 4.69) is 5.32 Å². The summed E-state index contributed by atoms with van der Waals surface area (Å²) in [6.45, 7) is 3.89. The molecule has 144 valence electrons. The monoisotopic (exact) mass is 431 g/mol. The second-order valence-electron chi connectivity index (χ2n) is 6.35. The lowest BCUT2D eigenvalue weighted by molar-refractivity contribution is -0.576. The van der Waals surface area contributed by atoms with Gasteiger partial charge in [-0.05, 0) is 49.2 Å². The Kier molecular flexibility index (Phi) is 6.46. The van der Waals surface area contributed by atoms with Crippen molar-refractivity contribution in [3.63, 3.8) is 0 Å². The van der Waals surface area contributed by atoms with Crippen LogP contribution in [0.1, 0.15) is 21.6 Å². The molecule has 1 aromatic carbocycles. The first-order valence-electron chi connectivity index (χ1n) is 8.58. The Labute approximate surface area is 178 Å². The minimum atomic E-state index is -0.114. The molecule has 0 fully saturated rings. The number of nitrogens with one attached hydrogen (secondary N) is 1. The van der Waals surface area contributed by atoms with Gasteiger partial charge in [0, 0.05) is 17.3 Å². The third-order valence-electron chi connectivity index (χ3n) is 4.19. The van der Waals surface area contributed by atoms with Gasteiger partial charge < -0.3 is 15.5 Å². The maximum atomic E-state index is 11.0. The molecule has 0 spiro atoms. The van der Waals surface area contributed by atoms with E-state index in [1.54, 1.807) is 41.2 Å². The number of aliphatic hydroxyl groups excluding tert-OH is 2. The fourth-order valence-electron chi connectivity index (χ4n) is 2.71. The minimum absolute atomic E-state index is 0.0137. The molecule has 7 heteroatoms. The van der Waals surface area contributed by atoms with E-state index >= 15 is 0 Å². The molecule has 0 aliphatic rings. The van der Waals surface area contributed by atoms with Crippen LogP contribution in [0.3, 0.4) is 0 Å². The van der Waals surface area contributed by atoms with Crippen LogP contribution in [0.2, 0.25) is 4.34 Å². The normalized spacial score (nSPS) is 11.9. The molecule has 0 amide bonds.